The summed E-state index contributed by atoms with van der Waals surface area (Å²) in [6, 6.07) is 6.08. The zero-order valence-electron chi connectivity index (χ0n) is 18.9. The number of likely N-dealkylation sites (tertiary alicyclic amines) is 1. The number of rotatable bonds is 5. The van der Waals surface area contributed by atoms with Crippen LogP contribution in [0.2, 0.25) is 0 Å². The molecule has 8 nitrogen and oxygen atoms in total. The smallest absolute Gasteiger partial charge is 0.318 e. The summed E-state index contributed by atoms with van der Waals surface area (Å²) in [4.78, 5) is 43.1. The summed E-state index contributed by atoms with van der Waals surface area (Å²) < 4.78 is 5.35. The summed E-state index contributed by atoms with van der Waals surface area (Å²) in [5.41, 5.74) is 1.92. The number of benzene rings is 1. The van der Waals surface area contributed by atoms with Gasteiger partial charge in [0.2, 0.25) is 5.91 Å². The molecule has 8 heteroatoms. The number of carbonyl (C=O) groups excluding carboxylic acids is 3. The lowest BCUT2D eigenvalue weighted by molar-refractivity contribution is -0.148. The van der Waals surface area contributed by atoms with Crippen LogP contribution in [0.5, 0.6) is 0 Å². The molecule has 0 saturated carbocycles. The first-order chi connectivity index (χ1) is 14.8. The van der Waals surface area contributed by atoms with Gasteiger partial charge in [-0.15, -0.1) is 0 Å². The second-order valence-corrected chi connectivity index (χ2v) is 8.55. The number of aryl methyl sites for hydroxylation is 1. The van der Waals surface area contributed by atoms with Crippen molar-refractivity contribution >= 4 is 17.9 Å². The number of hydrogen-bond acceptors (Lipinski definition) is 5. The molecule has 2 saturated heterocycles. The molecule has 0 bridgehead atoms. The van der Waals surface area contributed by atoms with E-state index in [4.69, 9.17) is 4.74 Å². The first-order valence-electron chi connectivity index (χ1n) is 11.1. The molecule has 31 heavy (non-hydrogen) atoms. The molecular weight excluding hydrogens is 396 g/mol. The maximum absolute atomic E-state index is 13.5. The molecule has 0 spiro atoms. The van der Waals surface area contributed by atoms with Gasteiger partial charge in [0.15, 0.2) is 0 Å². The highest BCUT2D eigenvalue weighted by atomic mass is 16.5. The molecule has 2 fully saturated rings. The van der Waals surface area contributed by atoms with Crippen molar-refractivity contribution < 1.29 is 19.1 Å². The monoisotopic (exact) mass is 430 g/mol. The van der Waals surface area contributed by atoms with Gasteiger partial charge in [0.05, 0.1) is 18.6 Å². The van der Waals surface area contributed by atoms with Crippen LogP contribution in [0.15, 0.2) is 24.3 Å². The fourth-order valence-corrected chi connectivity index (χ4v) is 4.41. The number of ether oxygens (including phenoxy) is 1. The quantitative estimate of drug-likeness (QED) is 0.696. The zero-order valence-corrected chi connectivity index (χ0v) is 18.9. The fourth-order valence-electron chi connectivity index (χ4n) is 4.41. The van der Waals surface area contributed by atoms with E-state index in [2.05, 4.69) is 10.6 Å². The van der Waals surface area contributed by atoms with Crippen LogP contribution >= 0.6 is 0 Å². The molecule has 170 valence electrons. The number of hydrogen-bond donors (Lipinski definition) is 2. The van der Waals surface area contributed by atoms with Crippen molar-refractivity contribution in [3.05, 3.63) is 35.4 Å². The van der Waals surface area contributed by atoms with Gasteiger partial charge >= 0.3 is 12.0 Å². The molecule has 0 aromatic heterocycles. The molecule has 1 aromatic rings. The van der Waals surface area contributed by atoms with Crippen molar-refractivity contribution in [2.24, 2.45) is 5.92 Å². The second-order valence-electron chi connectivity index (χ2n) is 8.55. The predicted octanol–water partition coefficient (Wildman–Crippen LogP) is 1.84. The van der Waals surface area contributed by atoms with E-state index >= 15 is 0 Å². The van der Waals surface area contributed by atoms with Gasteiger partial charge in [-0.2, -0.15) is 0 Å². The summed E-state index contributed by atoms with van der Waals surface area (Å²) in [7, 11) is 0. The Labute approximate surface area is 184 Å². The molecule has 2 heterocycles. The lowest BCUT2D eigenvalue weighted by Gasteiger charge is -2.35. The fraction of sp³-hybridized carbons (Fsp3) is 0.609. The molecule has 2 aliphatic heterocycles. The Hall–Kier alpha value is -2.61. The summed E-state index contributed by atoms with van der Waals surface area (Å²) in [5.74, 6) is -1.08. The molecule has 3 rings (SSSR count). The van der Waals surface area contributed by atoms with E-state index in [0.29, 0.717) is 13.1 Å². The summed E-state index contributed by atoms with van der Waals surface area (Å²) in [6.07, 6.45) is 0.256. The van der Waals surface area contributed by atoms with Gasteiger partial charge < -0.3 is 25.2 Å². The van der Waals surface area contributed by atoms with Crippen molar-refractivity contribution in [3.63, 3.8) is 0 Å². The minimum Gasteiger partial charge on any atom is -0.466 e. The lowest BCUT2D eigenvalue weighted by atomic mass is 9.92. The Bertz CT molecular complexity index is 789. The van der Waals surface area contributed by atoms with Gasteiger partial charge in [0.25, 0.3) is 0 Å². The Morgan fingerprint density at radius 2 is 1.81 bits per heavy atom. The molecular formula is C23H34N4O4. The Morgan fingerprint density at radius 3 is 2.39 bits per heavy atom. The van der Waals surface area contributed by atoms with E-state index in [1.807, 2.05) is 45.0 Å². The molecule has 3 unspecified atom stereocenters. The lowest BCUT2D eigenvalue weighted by Crippen LogP contribution is -2.55. The van der Waals surface area contributed by atoms with Crippen molar-refractivity contribution in [2.45, 2.75) is 52.2 Å². The number of urea groups is 1. The van der Waals surface area contributed by atoms with E-state index < -0.39 is 18.0 Å². The van der Waals surface area contributed by atoms with Crippen LogP contribution < -0.4 is 10.6 Å². The van der Waals surface area contributed by atoms with E-state index in [1.165, 1.54) is 0 Å². The maximum atomic E-state index is 13.5. The number of nitrogens with one attached hydrogen (secondary N) is 2. The van der Waals surface area contributed by atoms with Crippen LogP contribution in [0.25, 0.3) is 0 Å². The molecule has 2 aliphatic rings. The number of esters is 1. The number of amides is 3. The van der Waals surface area contributed by atoms with Crippen LogP contribution in [0, 0.1) is 12.8 Å². The van der Waals surface area contributed by atoms with Crippen LogP contribution in [0.1, 0.15) is 44.4 Å². The highest BCUT2D eigenvalue weighted by Gasteiger charge is 2.52. The first-order valence-corrected chi connectivity index (χ1v) is 11.1. The molecule has 2 N–H and O–H groups in total. The average molecular weight is 431 g/mol. The third kappa shape index (κ3) is 5.18. The van der Waals surface area contributed by atoms with Gasteiger partial charge in [-0.1, -0.05) is 29.8 Å². The van der Waals surface area contributed by atoms with Crippen molar-refractivity contribution in [1.29, 1.82) is 0 Å². The van der Waals surface area contributed by atoms with Crippen molar-refractivity contribution in [3.8, 4) is 0 Å². The van der Waals surface area contributed by atoms with Crippen molar-refractivity contribution in [1.82, 2.24) is 20.4 Å². The van der Waals surface area contributed by atoms with Crippen LogP contribution in [0.4, 0.5) is 4.79 Å². The number of carbonyl (C=O) groups is 3. The number of piperazine rings is 1. The summed E-state index contributed by atoms with van der Waals surface area (Å²) in [5, 5.41) is 6.17. The van der Waals surface area contributed by atoms with Gasteiger partial charge in [-0.25, -0.2) is 4.79 Å². The van der Waals surface area contributed by atoms with Crippen LogP contribution in [0.3, 0.4) is 0 Å². The summed E-state index contributed by atoms with van der Waals surface area (Å²) in [6.45, 7) is 10.4. The Morgan fingerprint density at radius 1 is 1.16 bits per heavy atom. The van der Waals surface area contributed by atoms with Crippen molar-refractivity contribution in [2.75, 3.05) is 32.8 Å². The standard InChI is InChI=1S/C23H34N4O4/c1-5-31-22(29)18-14-19(21(28)26-12-10-24-11-13-26)27(23(30)25-15(2)3)20(18)17-8-6-16(4)7-9-17/h6-9,15,18-20,24H,5,10-14H2,1-4H3,(H,25,30). The topological polar surface area (TPSA) is 91.0 Å². The molecule has 0 aliphatic carbocycles. The van der Waals surface area contributed by atoms with Gasteiger partial charge in [-0.3, -0.25) is 9.59 Å². The largest absolute Gasteiger partial charge is 0.466 e. The van der Waals surface area contributed by atoms with Gasteiger partial charge in [0, 0.05) is 32.2 Å². The normalized spacial score (nSPS) is 23.7. The molecule has 3 atom stereocenters. The van der Waals surface area contributed by atoms with E-state index in [-0.39, 0.29) is 37.0 Å². The SMILES string of the molecule is CCOC(=O)C1CC(C(=O)N2CCNCC2)N(C(=O)NC(C)C)C1c1ccc(C)cc1. The van der Waals surface area contributed by atoms with Crippen LogP contribution in [-0.2, 0) is 14.3 Å². The Kier molecular flexibility index (Phi) is 7.54. The maximum Gasteiger partial charge on any atom is 0.318 e. The van der Waals surface area contributed by atoms with E-state index in [0.717, 1.165) is 24.2 Å². The van der Waals surface area contributed by atoms with Gasteiger partial charge in [0.1, 0.15) is 6.04 Å². The van der Waals surface area contributed by atoms with E-state index in [9.17, 15) is 14.4 Å². The molecule has 0 radical (unpaired) electrons. The second kappa shape index (κ2) is 10.1. The minimum atomic E-state index is -0.711. The number of nitrogens with zero attached hydrogens (tertiary/aromatic N) is 2. The zero-order chi connectivity index (χ0) is 22.5. The third-order valence-electron chi connectivity index (χ3n) is 5.86. The third-order valence-corrected chi connectivity index (χ3v) is 5.86. The predicted molar refractivity (Wildman–Crippen MR) is 117 cm³/mol. The van der Waals surface area contributed by atoms with E-state index in [1.54, 1.807) is 16.7 Å². The minimum absolute atomic E-state index is 0.0947. The highest BCUT2D eigenvalue weighted by molar-refractivity contribution is 5.90. The Balaban J connectivity index is 2.01. The van der Waals surface area contributed by atoms with Gasteiger partial charge in [-0.05, 0) is 39.7 Å². The summed E-state index contributed by atoms with van der Waals surface area (Å²) >= 11 is 0. The average Bonchev–Trinajstić information content (AvgIpc) is 3.15. The van der Waals surface area contributed by atoms with Crippen LogP contribution in [-0.4, -0.2) is 72.6 Å². The molecule has 1 aromatic carbocycles. The molecule has 3 amide bonds. The first kappa shape index (κ1) is 23.1. The highest BCUT2D eigenvalue weighted by Crippen LogP contribution is 2.42.